The molecule has 5 heteroatoms. The van der Waals surface area contributed by atoms with Crippen molar-refractivity contribution < 1.29 is 14.6 Å². The second-order valence-corrected chi connectivity index (χ2v) is 3.50. The molecule has 0 aliphatic carbocycles. The van der Waals surface area contributed by atoms with E-state index in [0.29, 0.717) is 13.0 Å². The lowest BCUT2D eigenvalue weighted by Crippen LogP contribution is -2.19. The van der Waals surface area contributed by atoms with E-state index >= 15 is 0 Å². The van der Waals surface area contributed by atoms with Gasteiger partial charge in [-0.15, -0.1) is 0 Å². The van der Waals surface area contributed by atoms with Gasteiger partial charge < -0.3 is 20.3 Å². The Morgan fingerprint density at radius 2 is 2.25 bits per heavy atom. The number of rotatable bonds is 4. The Hall–Kier alpha value is -1.59. The van der Waals surface area contributed by atoms with Crippen LogP contribution in [0.15, 0.2) is 23.2 Å². The molecule has 1 aromatic rings. The van der Waals surface area contributed by atoms with Crippen LogP contribution in [0.3, 0.4) is 0 Å². The molecule has 0 saturated heterocycles. The summed E-state index contributed by atoms with van der Waals surface area (Å²) in [6.45, 7) is 0.779. The quantitative estimate of drug-likeness (QED) is 0.574. The van der Waals surface area contributed by atoms with E-state index in [1.807, 2.05) is 18.2 Å². The van der Waals surface area contributed by atoms with Crippen molar-refractivity contribution in [3.63, 3.8) is 0 Å². The molecule has 0 bridgehead atoms. The van der Waals surface area contributed by atoms with E-state index in [4.69, 9.17) is 20.3 Å². The van der Waals surface area contributed by atoms with Gasteiger partial charge in [-0.3, -0.25) is 4.99 Å². The van der Waals surface area contributed by atoms with Gasteiger partial charge in [0.15, 0.2) is 11.5 Å². The largest absolute Gasteiger partial charge is 0.454 e. The average molecular weight is 222 g/mol. The molecule has 3 N–H and O–H groups in total. The van der Waals surface area contributed by atoms with Gasteiger partial charge in [-0.2, -0.15) is 0 Å². The number of nitrogens with two attached hydrogens (primary N) is 1. The van der Waals surface area contributed by atoms with Crippen molar-refractivity contribution in [1.29, 1.82) is 0 Å². The van der Waals surface area contributed by atoms with Crippen molar-refractivity contribution in [2.75, 3.05) is 13.3 Å². The molecule has 0 fully saturated rings. The van der Waals surface area contributed by atoms with Gasteiger partial charge >= 0.3 is 0 Å². The van der Waals surface area contributed by atoms with Crippen molar-refractivity contribution in [2.24, 2.45) is 10.7 Å². The van der Waals surface area contributed by atoms with Crippen LogP contribution in [0.5, 0.6) is 11.5 Å². The summed E-state index contributed by atoms with van der Waals surface area (Å²) in [4.78, 5) is 4.15. The zero-order valence-electron chi connectivity index (χ0n) is 8.80. The number of aliphatic hydroxyl groups excluding tert-OH is 1. The molecule has 1 unspecified atom stereocenters. The highest BCUT2D eigenvalue weighted by Gasteiger charge is 2.12. The van der Waals surface area contributed by atoms with Crippen LogP contribution in [0.25, 0.3) is 0 Å². The molecular weight excluding hydrogens is 208 g/mol. The van der Waals surface area contributed by atoms with Crippen LogP contribution < -0.4 is 15.2 Å². The van der Waals surface area contributed by atoms with E-state index in [2.05, 4.69) is 4.99 Å². The Labute approximate surface area is 93.5 Å². The van der Waals surface area contributed by atoms with Gasteiger partial charge in [0.25, 0.3) is 0 Å². The SMILES string of the molecule is NC(O)CCN=Cc1ccc2c(c1)OCO2. The maximum Gasteiger partial charge on any atom is 0.231 e. The maximum atomic E-state index is 8.84. The minimum atomic E-state index is -0.797. The molecule has 0 spiro atoms. The van der Waals surface area contributed by atoms with Crippen LogP contribution >= 0.6 is 0 Å². The van der Waals surface area contributed by atoms with Gasteiger partial charge in [0, 0.05) is 19.2 Å². The van der Waals surface area contributed by atoms with Gasteiger partial charge in [-0.1, -0.05) is 0 Å². The van der Waals surface area contributed by atoms with Gasteiger partial charge in [-0.05, 0) is 23.8 Å². The summed E-state index contributed by atoms with van der Waals surface area (Å²) in [6, 6.07) is 5.61. The number of hydrogen-bond acceptors (Lipinski definition) is 5. The first-order chi connectivity index (χ1) is 7.75. The second-order valence-electron chi connectivity index (χ2n) is 3.50. The number of fused-ring (bicyclic) bond motifs is 1. The number of nitrogens with zero attached hydrogens (tertiary/aromatic N) is 1. The van der Waals surface area contributed by atoms with Gasteiger partial charge in [-0.25, -0.2) is 0 Å². The van der Waals surface area contributed by atoms with Crippen LogP contribution in [0, 0.1) is 0 Å². The van der Waals surface area contributed by atoms with Crippen molar-refractivity contribution in [1.82, 2.24) is 0 Å². The molecular formula is C11H14N2O3. The molecule has 0 aromatic heterocycles. The van der Waals surface area contributed by atoms with Crippen molar-refractivity contribution >= 4 is 6.21 Å². The lowest BCUT2D eigenvalue weighted by atomic mass is 10.2. The third-order valence-corrected chi connectivity index (χ3v) is 2.19. The molecule has 0 radical (unpaired) electrons. The fraction of sp³-hybridized carbons (Fsp3) is 0.364. The minimum Gasteiger partial charge on any atom is -0.454 e. The summed E-state index contributed by atoms with van der Waals surface area (Å²) in [6.07, 6.45) is 1.39. The molecule has 86 valence electrons. The monoisotopic (exact) mass is 222 g/mol. The molecule has 5 nitrogen and oxygen atoms in total. The van der Waals surface area contributed by atoms with Crippen LogP contribution in [-0.2, 0) is 0 Å². The highest BCUT2D eigenvalue weighted by molar-refractivity contribution is 5.81. The number of ether oxygens (including phenoxy) is 2. The smallest absolute Gasteiger partial charge is 0.231 e. The number of aliphatic hydroxyl groups is 1. The van der Waals surface area contributed by atoms with Crippen LogP contribution in [0.1, 0.15) is 12.0 Å². The normalized spacial score (nSPS) is 15.6. The summed E-state index contributed by atoms with van der Waals surface area (Å²) in [7, 11) is 0. The number of hydrogen-bond donors (Lipinski definition) is 2. The van der Waals surface area contributed by atoms with E-state index in [1.165, 1.54) is 0 Å². The first-order valence-corrected chi connectivity index (χ1v) is 5.09. The van der Waals surface area contributed by atoms with Crippen molar-refractivity contribution in [2.45, 2.75) is 12.6 Å². The standard InChI is InChI=1S/C11H14N2O3/c12-11(14)3-4-13-6-8-1-2-9-10(5-8)16-7-15-9/h1-2,5-6,11,14H,3-4,7,12H2. The summed E-state index contributed by atoms with van der Waals surface area (Å²) < 4.78 is 10.4. The Balaban J connectivity index is 1.94. The lowest BCUT2D eigenvalue weighted by Gasteiger charge is -2.00. The molecule has 1 aliphatic heterocycles. The summed E-state index contributed by atoms with van der Waals surface area (Å²) >= 11 is 0. The molecule has 1 heterocycles. The summed E-state index contributed by atoms with van der Waals surface area (Å²) in [5.41, 5.74) is 6.13. The van der Waals surface area contributed by atoms with Gasteiger partial charge in [0.1, 0.15) is 6.23 Å². The molecule has 1 atom stereocenters. The van der Waals surface area contributed by atoms with E-state index in [1.54, 1.807) is 6.21 Å². The topological polar surface area (TPSA) is 77.1 Å². The van der Waals surface area contributed by atoms with Gasteiger partial charge in [0.05, 0.1) is 0 Å². The molecule has 2 rings (SSSR count). The molecule has 1 aliphatic rings. The van der Waals surface area contributed by atoms with Crippen molar-refractivity contribution in [3.05, 3.63) is 23.8 Å². The van der Waals surface area contributed by atoms with E-state index in [9.17, 15) is 0 Å². The number of benzene rings is 1. The Morgan fingerprint density at radius 3 is 3.06 bits per heavy atom. The second kappa shape index (κ2) is 4.96. The minimum absolute atomic E-state index is 0.273. The predicted octanol–water partition coefficient (Wildman–Crippen LogP) is 0.501. The Morgan fingerprint density at radius 1 is 1.44 bits per heavy atom. The number of aliphatic imine (C=N–C) groups is 1. The van der Waals surface area contributed by atoms with Crippen LogP contribution in [-0.4, -0.2) is 30.9 Å². The maximum absolute atomic E-state index is 8.84. The molecule has 1 aromatic carbocycles. The van der Waals surface area contributed by atoms with Crippen LogP contribution in [0.4, 0.5) is 0 Å². The highest BCUT2D eigenvalue weighted by Crippen LogP contribution is 2.31. The Bertz CT molecular complexity index is 391. The zero-order chi connectivity index (χ0) is 11.4. The first kappa shape index (κ1) is 10.9. The third-order valence-electron chi connectivity index (χ3n) is 2.19. The van der Waals surface area contributed by atoms with Crippen LogP contribution in [0.2, 0.25) is 0 Å². The first-order valence-electron chi connectivity index (χ1n) is 5.09. The van der Waals surface area contributed by atoms with Gasteiger partial charge in [0.2, 0.25) is 6.79 Å². The van der Waals surface area contributed by atoms with E-state index < -0.39 is 6.23 Å². The fourth-order valence-electron chi connectivity index (χ4n) is 1.37. The highest BCUT2D eigenvalue weighted by atomic mass is 16.7. The summed E-state index contributed by atoms with van der Waals surface area (Å²) in [5.74, 6) is 1.50. The zero-order valence-corrected chi connectivity index (χ0v) is 8.80. The lowest BCUT2D eigenvalue weighted by molar-refractivity contribution is 0.174. The molecule has 0 amide bonds. The third kappa shape index (κ3) is 2.71. The fourth-order valence-corrected chi connectivity index (χ4v) is 1.37. The molecule has 0 saturated carbocycles. The van der Waals surface area contributed by atoms with E-state index in [0.717, 1.165) is 17.1 Å². The average Bonchev–Trinajstić information content (AvgIpc) is 2.71. The van der Waals surface area contributed by atoms with Crippen molar-refractivity contribution in [3.8, 4) is 11.5 Å². The summed E-state index contributed by atoms with van der Waals surface area (Å²) in [5, 5.41) is 8.84. The predicted molar refractivity (Wildman–Crippen MR) is 59.8 cm³/mol. The van der Waals surface area contributed by atoms with E-state index in [-0.39, 0.29) is 6.79 Å². The molecule has 16 heavy (non-hydrogen) atoms. The Kier molecular flexibility index (Phi) is 3.38.